The summed E-state index contributed by atoms with van der Waals surface area (Å²) in [7, 11) is -5.82. The highest BCUT2D eigenvalue weighted by Crippen LogP contribution is 1.76. The van der Waals surface area contributed by atoms with Gasteiger partial charge in [0.15, 0.2) is 0 Å². The Hall–Kier alpha value is 1.42. The van der Waals surface area contributed by atoms with Crippen molar-refractivity contribution >= 4 is 80.5 Å². The van der Waals surface area contributed by atoms with E-state index in [0.29, 0.717) is 0 Å². The lowest BCUT2D eigenvalue weighted by molar-refractivity contribution is 0.366. The van der Waals surface area contributed by atoms with Crippen molar-refractivity contribution in [2.24, 2.45) is 0 Å². The van der Waals surface area contributed by atoms with Crippen LogP contribution in [0.2, 0.25) is 0 Å². The predicted octanol–water partition coefficient (Wildman–Crippen LogP) is -8.63. The standard InChI is InChI=1S/H18O8Si8/c1-10-3-12-5-14-7-16-8-15-6-13-4-11-2-9/h1H,10-16H2,9H3. The molecule has 0 amide bonds. The van der Waals surface area contributed by atoms with Crippen LogP contribution in [-0.2, 0) is 28.8 Å². The topological polar surface area (TPSA) is 84.8 Å². The van der Waals surface area contributed by atoms with Crippen LogP contribution in [0, 0.1) is 0 Å². The molecular formula is H18O8Si8. The van der Waals surface area contributed by atoms with Crippen molar-refractivity contribution in [3.8, 4) is 0 Å². The molecular weight excluding hydrogens is 353 g/mol. The summed E-state index contributed by atoms with van der Waals surface area (Å²) in [5.41, 5.74) is 0. The summed E-state index contributed by atoms with van der Waals surface area (Å²) in [6.07, 6.45) is 0. The first-order valence-corrected chi connectivity index (χ1v) is 13.4. The Balaban J connectivity index is 2.83. The average Bonchev–Trinajstić information content (AvgIpc) is 2.31. The van der Waals surface area contributed by atoms with E-state index >= 15 is 0 Å². The Morgan fingerprint density at radius 2 is 1.00 bits per heavy atom. The SMILES string of the molecule is O[SiH2]O[SiH2]O[SiH2]O[SiH2]O[SiH2]O[SiH2]O[SiH2]O[SiH3]. The zero-order valence-corrected chi connectivity index (χ0v) is 21.2. The Morgan fingerprint density at radius 1 is 0.625 bits per heavy atom. The molecule has 0 rings (SSSR count). The molecule has 0 aliphatic rings. The summed E-state index contributed by atoms with van der Waals surface area (Å²) in [5.74, 6) is 0. The monoisotopic (exact) mass is 370 g/mol. The lowest BCUT2D eigenvalue weighted by atomic mass is 15.7. The van der Waals surface area contributed by atoms with Crippen molar-refractivity contribution < 1.29 is 33.6 Å². The summed E-state index contributed by atoms with van der Waals surface area (Å²) in [6, 6.07) is 0. The summed E-state index contributed by atoms with van der Waals surface area (Å²) in [5, 5.41) is 0. The van der Waals surface area contributed by atoms with Gasteiger partial charge in [-0.15, -0.1) is 0 Å². The van der Waals surface area contributed by atoms with Crippen molar-refractivity contribution in [2.75, 3.05) is 0 Å². The summed E-state index contributed by atoms with van der Waals surface area (Å²) < 4.78 is 35.9. The Labute approximate surface area is 114 Å². The fourth-order valence-corrected chi connectivity index (χ4v) is 12.1. The van der Waals surface area contributed by atoms with Gasteiger partial charge in [0, 0.05) is 0 Å². The molecule has 0 atom stereocenters. The lowest BCUT2D eigenvalue weighted by Gasteiger charge is -2.07. The molecule has 0 aromatic heterocycles. The minimum Gasteiger partial charge on any atom is -0.449 e. The van der Waals surface area contributed by atoms with Gasteiger partial charge in [0.25, 0.3) is 70.0 Å². The van der Waals surface area contributed by atoms with E-state index in [2.05, 4.69) is 0 Å². The molecule has 0 spiro atoms. The Kier molecular flexibility index (Phi) is 17.9. The van der Waals surface area contributed by atoms with E-state index < -0.39 is 70.0 Å². The van der Waals surface area contributed by atoms with Crippen molar-refractivity contribution in [3.63, 3.8) is 0 Å². The Bertz CT molecular complexity index is 109. The first-order chi connectivity index (χ1) is 7.91. The molecule has 0 radical (unpaired) electrons. The van der Waals surface area contributed by atoms with Crippen LogP contribution in [0.3, 0.4) is 0 Å². The van der Waals surface area contributed by atoms with Crippen LogP contribution in [0.5, 0.6) is 0 Å². The molecule has 0 saturated carbocycles. The molecule has 0 aliphatic heterocycles. The highest BCUT2D eigenvalue weighted by molar-refractivity contribution is 6.48. The van der Waals surface area contributed by atoms with E-state index in [1.807, 2.05) is 0 Å². The summed E-state index contributed by atoms with van der Waals surface area (Å²) >= 11 is 0. The van der Waals surface area contributed by atoms with E-state index in [1.165, 1.54) is 0 Å². The highest BCUT2D eigenvalue weighted by atomic mass is 28.4. The van der Waals surface area contributed by atoms with Crippen LogP contribution in [0.4, 0.5) is 0 Å². The molecule has 0 heterocycles. The van der Waals surface area contributed by atoms with Crippen molar-refractivity contribution in [1.82, 2.24) is 0 Å². The van der Waals surface area contributed by atoms with Gasteiger partial charge in [0.1, 0.15) is 10.5 Å². The molecule has 0 saturated heterocycles. The average molecular weight is 371 g/mol. The molecule has 0 aromatic rings. The van der Waals surface area contributed by atoms with E-state index in [0.717, 1.165) is 10.5 Å². The second-order valence-electron chi connectivity index (χ2n) is 2.35. The molecule has 16 heavy (non-hydrogen) atoms. The summed E-state index contributed by atoms with van der Waals surface area (Å²) in [4.78, 5) is 8.43. The minimum atomic E-state index is -1.29. The van der Waals surface area contributed by atoms with Crippen LogP contribution in [0.25, 0.3) is 0 Å². The maximum absolute atomic E-state index is 8.43. The molecule has 98 valence electrons. The molecule has 0 bridgehead atoms. The number of hydrogen-bond donors (Lipinski definition) is 1. The maximum Gasteiger partial charge on any atom is 0.292 e. The maximum atomic E-state index is 8.43. The second-order valence-corrected chi connectivity index (χ2v) is 16.1. The van der Waals surface area contributed by atoms with Crippen LogP contribution >= 0.6 is 0 Å². The molecule has 0 fully saturated rings. The van der Waals surface area contributed by atoms with Crippen molar-refractivity contribution in [1.29, 1.82) is 0 Å². The largest absolute Gasteiger partial charge is 0.449 e. The van der Waals surface area contributed by atoms with Gasteiger partial charge in [-0.3, -0.25) is 0 Å². The predicted molar refractivity (Wildman–Crippen MR) is 79.6 cm³/mol. The third-order valence-electron chi connectivity index (χ3n) is 1.13. The van der Waals surface area contributed by atoms with Gasteiger partial charge in [-0.25, -0.2) is 0 Å². The van der Waals surface area contributed by atoms with Gasteiger partial charge in [-0.05, 0) is 0 Å². The quantitative estimate of drug-likeness (QED) is 0.253. The van der Waals surface area contributed by atoms with E-state index in [1.54, 1.807) is 0 Å². The molecule has 0 unspecified atom stereocenters. The van der Waals surface area contributed by atoms with Gasteiger partial charge in [-0.1, -0.05) is 0 Å². The van der Waals surface area contributed by atoms with Crippen LogP contribution in [0.15, 0.2) is 0 Å². The smallest absolute Gasteiger partial charge is 0.292 e. The molecule has 8 nitrogen and oxygen atoms in total. The van der Waals surface area contributed by atoms with Gasteiger partial charge < -0.3 is 33.6 Å². The van der Waals surface area contributed by atoms with Gasteiger partial charge >= 0.3 is 0 Å². The zero-order chi connectivity index (χ0) is 11.9. The molecule has 0 aromatic carbocycles. The molecule has 1 N–H and O–H groups in total. The third kappa shape index (κ3) is 15.4. The number of rotatable bonds is 13. The zero-order valence-electron chi connectivity index (χ0n) is 9.25. The van der Waals surface area contributed by atoms with Crippen molar-refractivity contribution in [2.45, 2.75) is 0 Å². The van der Waals surface area contributed by atoms with E-state index in [4.69, 9.17) is 33.6 Å². The van der Waals surface area contributed by atoms with E-state index in [9.17, 15) is 0 Å². The highest BCUT2D eigenvalue weighted by Gasteiger charge is 1.94. The fraction of sp³-hybridized carbons (Fsp3) is 0. The van der Waals surface area contributed by atoms with Gasteiger partial charge in [0.2, 0.25) is 0 Å². The molecule has 16 heteroatoms. The second kappa shape index (κ2) is 16.4. The minimum absolute atomic E-state index is 0.729. The molecule has 0 aliphatic carbocycles. The first kappa shape index (κ1) is 17.4. The number of hydrogen-bond acceptors (Lipinski definition) is 8. The van der Waals surface area contributed by atoms with Crippen LogP contribution in [0.1, 0.15) is 0 Å². The van der Waals surface area contributed by atoms with Crippen LogP contribution in [-0.4, -0.2) is 85.3 Å². The Morgan fingerprint density at radius 3 is 1.38 bits per heavy atom. The van der Waals surface area contributed by atoms with Crippen molar-refractivity contribution in [3.05, 3.63) is 0 Å². The normalized spacial score (nSPS) is 16.3. The first-order valence-electron chi connectivity index (χ1n) is 4.48. The summed E-state index contributed by atoms with van der Waals surface area (Å²) in [6.45, 7) is 0. The third-order valence-corrected chi connectivity index (χ3v) is 10.1. The van der Waals surface area contributed by atoms with Crippen LogP contribution < -0.4 is 0 Å². The lowest BCUT2D eigenvalue weighted by Crippen LogP contribution is -2.20. The fourth-order valence-electron chi connectivity index (χ4n) is 0.585. The van der Waals surface area contributed by atoms with Gasteiger partial charge in [0.05, 0.1) is 0 Å². The van der Waals surface area contributed by atoms with Gasteiger partial charge in [-0.2, -0.15) is 0 Å². The van der Waals surface area contributed by atoms with E-state index in [-0.39, 0.29) is 0 Å².